The quantitative estimate of drug-likeness (QED) is 0.782. The summed E-state index contributed by atoms with van der Waals surface area (Å²) in [5, 5.41) is 2.92. The number of hydrogen-bond donors (Lipinski definition) is 2. The fourth-order valence-electron chi connectivity index (χ4n) is 1.99. The minimum absolute atomic E-state index is 0.0375. The third-order valence-electron chi connectivity index (χ3n) is 2.95. The minimum Gasteiger partial charge on any atom is -0.467 e. The molecule has 1 atom stereocenters. The van der Waals surface area contributed by atoms with Crippen LogP contribution in [0.1, 0.15) is 19.8 Å². The van der Waals surface area contributed by atoms with Crippen molar-refractivity contribution in [2.75, 3.05) is 31.2 Å². The van der Waals surface area contributed by atoms with Crippen molar-refractivity contribution in [3.8, 4) is 6.01 Å². The molecule has 0 spiro atoms. The Labute approximate surface area is 111 Å². The average Bonchev–Trinajstić information content (AvgIpc) is 2.90. The summed E-state index contributed by atoms with van der Waals surface area (Å²) in [6.45, 7) is 3.40. The van der Waals surface area contributed by atoms with Crippen LogP contribution in [0.25, 0.3) is 0 Å². The first-order valence-electron chi connectivity index (χ1n) is 6.21. The first-order valence-corrected chi connectivity index (χ1v) is 6.21. The second-order valence-corrected chi connectivity index (χ2v) is 4.40. The van der Waals surface area contributed by atoms with Gasteiger partial charge in [-0.25, -0.2) is 0 Å². The Kier molecular flexibility index (Phi) is 3.98. The second-order valence-electron chi connectivity index (χ2n) is 4.40. The number of aromatic nitrogens is 3. The van der Waals surface area contributed by atoms with Gasteiger partial charge in [0.1, 0.15) is 6.04 Å². The lowest BCUT2D eigenvalue weighted by Gasteiger charge is -2.21. The predicted octanol–water partition coefficient (Wildman–Crippen LogP) is -0.115. The van der Waals surface area contributed by atoms with Crippen LogP contribution < -0.4 is 15.8 Å². The number of rotatable bonds is 4. The molecule has 1 aromatic rings. The van der Waals surface area contributed by atoms with E-state index in [-0.39, 0.29) is 23.8 Å². The number of nitrogens with zero attached hydrogens (tertiary/aromatic N) is 4. The Morgan fingerprint density at radius 2 is 2.05 bits per heavy atom. The summed E-state index contributed by atoms with van der Waals surface area (Å²) in [5.41, 5.74) is 5.53. The maximum atomic E-state index is 12.1. The number of methoxy groups -OCH3 is 1. The van der Waals surface area contributed by atoms with Crippen LogP contribution in [-0.2, 0) is 4.79 Å². The van der Waals surface area contributed by atoms with E-state index in [1.807, 2.05) is 4.90 Å². The lowest BCUT2D eigenvalue weighted by molar-refractivity contribution is -0.130. The monoisotopic (exact) mass is 266 g/mol. The summed E-state index contributed by atoms with van der Waals surface area (Å²) in [7, 11) is 1.44. The maximum absolute atomic E-state index is 12.1. The Bertz CT molecular complexity index is 460. The maximum Gasteiger partial charge on any atom is 0.322 e. The van der Waals surface area contributed by atoms with Crippen molar-refractivity contribution >= 4 is 17.8 Å². The zero-order valence-corrected chi connectivity index (χ0v) is 11.1. The molecule has 0 saturated carbocycles. The van der Waals surface area contributed by atoms with Crippen LogP contribution in [0.4, 0.5) is 11.9 Å². The number of carbonyl (C=O) groups is 1. The number of carbonyl (C=O) groups excluding carboxylic acids is 1. The molecule has 8 heteroatoms. The normalized spacial score (nSPS) is 16.2. The fraction of sp³-hybridized carbons (Fsp3) is 0.636. The number of hydrogen-bond acceptors (Lipinski definition) is 7. The molecule has 0 aliphatic carbocycles. The van der Waals surface area contributed by atoms with Gasteiger partial charge >= 0.3 is 6.01 Å². The van der Waals surface area contributed by atoms with E-state index >= 15 is 0 Å². The van der Waals surface area contributed by atoms with Gasteiger partial charge in [-0.05, 0) is 19.8 Å². The van der Waals surface area contributed by atoms with Gasteiger partial charge in [0, 0.05) is 13.1 Å². The van der Waals surface area contributed by atoms with Crippen molar-refractivity contribution in [3.05, 3.63) is 0 Å². The highest BCUT2D eigenvalue weighted by molar-refractivity contribution is 5.84. The number of ether oxygens (including phenoxy) is 1. The summed E-state index contributed by atoms with van der Waals surface area (Å²) in [6, 6.07) is -0.291. The van der Waals surface area contributed by atoms with Crippen molar-refractivity contribution in [2.24, 2.45) is 0 Å². The van der Waals surface area contributed by atoms with Crippen LogP contribution in [0, 0.1) is 0 Å². The van der Waals surface area contributed by atoms with E-state index < -0.39 is 6.04 Å². The van der Waals surface area contributed by atoms with Crippen LogP contribution in [0.5, 0.6) is 6.01 Å². The second kappa shape index (κ2) is 5.68. The molecule has 1 amide bonds. The number of nitrogen functional groups attached to an aromatic ring is 1. The molecule has 104 valence electrons. The van der Waals surface area contributed by atoms with E-state index in [9.17, 15) is 4.79 Å². The molecule has 2 rings (SSSR count). The molecular weight excluding hydrogens is 248 g/mol. The van der Waals surface area contributed by atoms with E-state index in [0.717, 1.165) is 25.9 Å². The Hall–Kier alpha value is -2.12. The van der Waals surface area contributed by atoms with Gasteiger partial charge in [0.2, 0.25) is 17.8 Å². The SMILES string of the molecule is COc1nc(N)nc(NC(C)C(=O)N2CCCC2)n1. The predicted molar refractivity (Wildman–Crippen MR) is 69.7 cm³/mol. The minimum atomic E-state index is -0.412. The Morgan fingerprint density at radius 3 is 2.68 bits per heavy atom. The van der Waals surface area contributed by atoms with E-state index in [1.165, 1.54) is 7.11 Å². The smallest absolute Gasteiger partial charge is 0.322 e. The molecule has 8 nitrogen and oxygen atoms in total. The summed E-state index contributed by atoms with van der Waals surface area (Å²) < 4.78 is 4.90. The van der Waals surface area contributed by atoms with Gasteiger partial charge in [-0.15, -0.1) is 0 Å². The number of nitrogens with one attached hydrogen (secondary N) is 1. The van der Waals surface area contributed by atoms with E-state index in [2.05, 4.69) is 20.3 Å². The Balaban J connectivity index is 2.03. The van der Waals surface area contributed by atoms with Crippen LogP contribution >= 0.6 is 0 Å². The van der Waals surface area contributed by atoms with E-state index in [0.29, 0.717) is 0 Å². The van der Waals surface area contributed by atoms with Crippen LogP contribution in [-0.4, -0.2) is 52.0 Å². The van der Waals surface area contributed by atoms with Gasteiger partial charge in [-0.1, -0.05) is 0 Å². The van der Waals surface area contributed by atoms with Crippen LogP contribution in [0.3, 0.4) is 0 Å². The van der Waals surface area contributed by atoms with Crippen molar-refractivity contribution in [3.63, 3.8) is 0 Å². The van der Waals surface area contributed by atoms with Crippen molar-refractivity contribution in [2.45, 2.75) is 25.8 Å². The van der Waals surface area contributed by atoms with E-state index in [1.54, 1.807) is 6.92 Å². The zero-order chi connectivity index (χ0) is 13.8. The first kappa shape index (κ1) is 13.3. The number of nitrogens with two attached hydrogens (primary N) is 1. The summed E-state index contributed by atoms with van der Waals surface area (Å²) in [6.07, 6.45) is 2.12. The molecule has 1 aliphatic heterocycles. The molecule has 1 aromatic heterocycles. The number of amides is 1. The van der Waals surface area contributed by atoms with Crippen LogP contribution in [0.2, 0.25) is 0 Å². The molecule has 0 radical (unpaired) electrons. The summed E-state index contributed by atoms with van der Waals surface area (Å²) in [4.78, 5) is 25.7. The summed E-state index contributed by atoms with van der Waals surface area (Å²) in [5.74, 6) is 0.329. The fourth-order valence-corrected chi connectivity index (χ4v) is 1.99. The highest BCUT2D eigenvalue weighted by Crippen LogP contribution is 2.13. The molecule has 1 unspecified atom stereocenters. The van der Waals surface area contributed by atoms with E-state index in [4.69, 9.17) is 10.5 Å². The van der Waals surface area contributed by atoms with Gasteiger partial charge < -0.3 is 20.7 Å². The molecule has 1 fully saturated rings. The summed E-state index contributed by atoms with van der Waals surface area (Å²) >= 11 is 0. The molecule has 2 heterocycles. The van der Waals surface area contributed by atoms with Gasteiger partial charge in [-0.3, -0.25) is 4.79 Å². The van der Waals surface area contributed by atoms with Gasteiger partial charge in [-0.2, -0.15) is 15.0 Å². The molecule has 1 saturated heterocycles. The van der Waals surface area contributed by atoms with Gasteiger partial charge in [0.25, 0.3) is 0 Å². The lowest BCUT2D eigenvalue weighted by Crippen LogP contribution is -2.40. The molecule has 0 aromatic carbocycles. The third-order valence-corrected chi connectivity index (χ3v) is 2.95. The Morgan fingerprint density at radius 1 is 1.37 bits per heavy atom. The molecular formula is C11H18N6O2. The molecule has 3 N–H and O–H groups in total. The van der Waals surface area contributed by atoms with Crippen molar-refractivity contribution in [1.82, 2.24) is 19.9 Å². The highest BCUT2D eigenvalue weighted by Gasteiger charge is 2.23. The number of anilines is 2. The van der Waals surface area contributed by atoms with Gasteiger partial charge in [0.05, 0.1) is 7.11 Å². The van der Waals surface area contributed by atoms with Crippen LogP contribution in [0.15, 0.2) is 0 Å². The first-order chi connectivity index (χ1) is 9.10. The lowest BCUT2D eigenvalue weighted by atomic mass is 10.3. The molecule has 19 heavy (non-hydrogen) atoms. The highest BCUT2D eigenvalue weighted by atomic mass is 16.5. The van der Waals surface area contributed by atoms with Crippen molar-refractivity contribution < 1.29 is 9.53 Å². The number of likely N-dealkylation sites (tertiary alicyclic amines) is 1. The topological polar surface area (TPSA) is 106 Å². The zero-order valence-electron chi connectivity index (χ0n) is 11.1. The molecule has 1 aliphatic rings. The van der Waals surface area contributed by atoms with Gasteiger partial charge in [0.15, 0.2) is 0 Å². The van der Waals surface area contributed by atoms with Crippen molar-refractivity contribution in [1.29, 1.82) is 0 Å². The largest absolute Gasteiger partial charge is 0.467 e. The standard InChI is InChI=1S/C11H18N6O2/c1-7(8(18)17-5-3-4-6-17)13-10-14-9(12)15-11(16-10)19-2/h7H,3-6H2,1-2H3,(H3,12,13,14,15,16). The third kappa shape index (κ3) is 3.21. The molecule has 0 bridgehead atoms. The average molecular weight is 266 g/mol.